The second-order valence-corrected chi connectivity index (χ2v) is 9.00. The van der Waals surface area contributed by atoms with E-state index < -0.39 is 0 Å². The Kier molecular flexibility index (Phi) is 6.19. The molecule has 1 unspecified atom stereocenters. The first-order valence-electron chi connectivity index (χ1n) is 11.8. The van der Waals surface area contributed by atoms with E-state index in [1.54, 1.807) is 10.7 Å². The quantitative estimate of drug-likeness (QED) is 0.743. The Hall–Kier alpha value is -2.76. The van der Waals surface area contributed by atoms with E-state index in [0.29, 0.717) is 37.2 Å². The molecule has 1 N–H and O–H groups in total. The number of piperidine rings is 1. The zero-order chi connectivity index (χ0) is 21.9. The predicted molar refractivity (Wildman–Crippen MR) is 121 cm³/mol. The van der Waals surface area contributed by atoms with Crippen molar-refractivity contribution in [1.29, 1.82) is 5.26 Å². The van der Waals surface area contributed by atoms with Crippen LogP contribution in [0.2, 0.25) is 0 Å². The number of aryl methyl sites for hydroxylation is 2. The molecule has 2 aromatic heterocycles. The third kappa shape index (κ3) is 4.41. The summed E-state index contributed by atoms with van der Waals surface area (Å²) < 4.78 is 7.05. The van der Waals surface area contributed by atoms with Crippen LogP contribution >= 0.6 is 0 Å². The molecule has 1 atom stereocenters. The highest BCUT2D eigenvalue weighted by Crippen LogP contribution is 2.25. The average Bonchev–Trinajstić information content (AvgIpc) is 3.28. The highest BCUT2D eigenvalue weighted by Gasteiger charge is 2.24. The van der Waals surface area contributed by atoms with Gasteiger partial charge in [-0.15, -0.1) is 0 Å². The second-order valence-electron chi connectivity index (χ2n) is 9.00. The van der Waals surface area contributed by atoms with Crippen molar-refractivity contribution in [1.82, 2.24) is 19.7 Å². The summed E-state index contributed by atoms with van der Waals surface area (Å²) in [5.41, 5.74) is 4.85. The molecule has 5 rings (SSSR count). The van der Waals surface area contributed by atoms with Crippen molar-refractivity contribution >= 4 is 5.82 Å². The molecule has 0 spiro atoms. The standard InChI is InChI=1S/C24H30N6O2/c25-14-18-12-17-4-3-6-21(17)27-24(18)26-15-20-5-1-2-8-29(20)9-10-30-23(31)13-19-16-32-11-7-22(19)28-30/h12-13,20H,1-11,15-16H2,(H,26,27). The van der Waals surface area contributed by atoms with E-state index in [1.807, 2.05) is 6.07 Å². The molecule has 1 fully saturated rings. The lowest BCUT2D eigenvalue weighted by molar-refractivity contribution is 0.107. The van der Waals surface area contributed by atoms with Gasteiger partial charge >= 0.3 is 0 Å². The van der Waals surface area contributed by atoms with Gasteiger partial charge in [-0.2, -0.15) is 10.4 Å². The fourth-order valence-electron chi connectivity index (χ4n) is 5.13. The number of rotatable bonds is 6. The van der Waals surface area contributed by atoms with Crippen LogP contribution in [0, 0.1) is 11.3 Å². The molecule has 8 heteroatoms. The number of pyridine rings is 1. The Bertz CT molecular complexity index is 1090. The van der Waals surface area contributed by atoms with E-state index >= 15 is 0 Å². The fraction of sp³-hybridized carbons (Fsp3) is 0.583. The molecule has 1 aliphatic carbocycles. The minimum absolute atomic E-state index is 0.0538. The van der Waals surface area contributed by atoms with Crippen molar-refractivity contribution in [3.05, 3.63) is 50.6 Å². The smallest absolute Gasteiger partial charge is 0.267 e. The molecule has 0 amide bonds. The summed E-state index contributed by atoms with van der Waals surface area (Å²) in [4.78, 5) is 19.7. The van der Waals surface area contributed by atoms with Gasteiger partial charge < -0.3 is 10.1 Å². The van der Waals surface area contributed by atoms with Gasteiger partial charge in [-0.25, -0.2) is 9.67 Å². The molecular formula is C24H30N6O2. The molecule has 1 saturated heterocycles. The Labute approximate surface area is 188 Å². The van der Waals surface area contributed by atoms with E-state index in [1.165, 1.54) is 18.4 Å². The highest BCUT2D eigenvalue weighted by atomic mass is 16.5. The van der Waals surface area contributed by atoms with E-state index in [0.717, 1.165) is 68.7 Å². The minimum Gasteiger partial charge on any atom is -0.376 e. The van der Waals surface area contributed by atoms with Gasteiger partial charge in [0.1, 0.15) is 11.9 Å². The molecule has 2 aromatic rings. The van der Waals surface area contributed by atoms with Crippen LogP contribution < -0.4 is 10.9 Å². The Morgan fingerprint density at radius 1 is 1.12 bits per heavy atom. The lowest BCUT2D eigenvalue weighted by Crippen LogP contribution is -2.46. The van der Waals surface area contributed by atoms with E-state index in [2.05, 4.69) is 21.4 Å². The van der Waals surface area contributed by atoms with Crippen LogP contribution in [0.15, 0.2) is 16.9 Å². The number of anilines is 1. The van der Waals surface area contributed by atoms with Crippen molar-refractivity contribution in [2.75, 3.05) is 31.6 Å². The number of nitriles is 1. The number of nitrogens with zero attached hydrogens (tertiary/aromatic N) is 5. The van der Waals surface area contributed by atoms with Crippen molar-refractivity contribution < 1.29 is 4.74 Å². The zero-order valence-electron chi connectivity index (χ0n) is 18.5. The van der Waals surface area contributed by atoms with E-state index in [-0.39, 0.29) is 5.56 Å². The van der Waals surface area contributed by atoms with Crippen molar-refractivity contribution in [3.8, 4) is 6.07 Å². The zero-order valence-corrected chi connectivity index (χ0v) is 18.5. The number of fused-ring (bicyclic) bond motifs is 2. The third-order valence-electron chi connectivity index (χ3n) is 6.93. The first-order chi connectivity index (χ1) is 15.7. The highest BCUT2D eigenvalue weighted by molar-refractivity contribution is 5.55. The number of aromatic nitrogens is 3. The molecule has 4 heterocycles. The molecule has 0 saturated carbocycles. The molecular weight excluding hydrogens is 404 g/mol. The SMILES string of the molecule is N#Cc1cc2c(nc1NCC1CCCCN1CCn1nc3c(cc1=O)COCC3)CCC2. The van der Waals surface area contributed by atoms with Crippen LogP contribution in [0.5, 0.6) is 0 Å². The van der Waals surface area contributed by atoms with E-state index in [9.17, 15) is 10.1 Å². The molecule has 0 bridgehead atoms. The predicted octanol–water partition coefficient (Wildman–Crippen LogP) is 2.04. The molecule has 0 aromatic carbocycles. The maximum absolute atomic E-state index is 12.5. The maximum Gasteiger partial charge on any atom is 0.267 e. The Morgan fingerprint density at radius 2 is 2.06 bits per heavy atom. The molecule has 0 radical (unpaired) electrons. The molecule has 2 aliphatic heterocycles. The van der Waals surface area contributed by atoms with Gasteiger partial charge in [0.05, 0.1) is 31.0 Å². The number of hydrogen-bond donors (Lipinski definition) is 1. The number of hydrogen-bond acceptors (Lipinski definition) is 7. The molecule has 3 aliphatic rings. The monoisotopic (exact) mass is 434 g/mol. The van der Waals surface area contributed by atoms with Gasteiger partial charge in [0.25, 0.3) is 5.56 Å². The van der Waals surface area contributed by atoms with Crippen molar-refractivity contribution in [2.24, 2.45) is 0 Å². The van der Waals surface area contributed by atoms with Gasteiger partial charge in [0, 0.05) is 42.9 Å². The third-order valence-corrected chi connectivity index (χ3v) is 6.93. The average molecular weight is 435 g/mol. The molecule has 32 heavy (non-hydrogen) atoms. The fourth-order valence-corrected chi connectivity index (χ4v) is 5.13. The number of nitrogens with one attached hydrogen (secondary N) is 1. The maximum atomic E-state index is 12.5. The number of likely N-dealkylation sites (tertiary alicyclic amines) is 1. The first-order valence-corrected chi connectivity index (χ1v) is 11.8. The summed E-state index contributed by atoms with van der Waals surface area (Å²) in [6.07, 6.45) is 7.38. The Morgan fingerprint density at radius 3 is 2.97 bits per heavy atom. The summed E-state index contributed by atoms with van der Waals surface area (Å²) in [7, 11) is 0. The Balaban J connectivity index is 1.24. The normalized spacial score (nSPS) is 20.4. The number of ether oxygens (including phenoxy) is 1. The first kappa shape index (κ1) is 21.1. The summed E-state index contributed by atoms with van der Waals surface area (Å²) in [6, 6.07) is 6.35. The second kappa shape index (κ2) is 9.39. The van der Waals surface area contributed by atoms with Crippen LogP contribution in [0.4, 0.5) is 5.82 Å². The van der Waals surface area contributed by atoms with Gasteiger partial charge in [0.15, 0.2) is 0 Å². The van der Waals surface area contributed by atoms with Crippen molar-refractivity contribution in [3.63, 3.8) is 0 Å². The summed E-state index contributed by atoms with van der Waals surface area (Å²) in [6.45, 7) is 4.30. The van der Waals surface area contributed by atoms with Gasteiger partial charge in [0.2, 0.25) is 0 Å². The lowest BCUT2D eigenvalue weighted by Gasteiger charge is -2.36. The van der Waals surface area contributed by atoms with Crippen LogP contribution in [-0.4, -0.2) is 51.9 Å². The largest absolute Gasteiger partial charge is 0.376 e. The van der Waals surface area contributed by atoms with Crippen LogP contribution in [0.3, 0.4) is 0 Å². The minimum atomic E-state index is -0.0538. The van der Waals surface area contributed by atoms with Crippen LogP contribution in [0.1, 0.15) is 53.8 Å². The van der Waals surface area contributed by atoms with Crippen LogP contribution in [0.25, 0.3) is 0 Å². The summed E-state index contributed by atoms with van der Waals surface area (Å²) in [5, 5.41) is 17.6. The van der Waals surface area contributed by atoms with Gasteiger partial charge in [-0.3, -0.25) is 9.69 Å². The van der Waals surface area contributed by atoms with Crippen molar-refractivity contribution in [2.45, 2.75) is 64.1 Å². The summed E-state index contributed by atoms with van der Waals surface area (Å²) in [5.74, 6) is 0.716. The lowest BCUT2D eigenvalue weighted by atomic mass is 10.0. The van der Waals surface area contributed by atoms with Crippen LogP contribution in [-0.2, 0) is 37.2 Å². The van der Waals surface area contributed by atoms with E-state index in [4.69, 9.17) is 9.72 Å². The topological polar surface area (TPSA) is 96.1 Å². The molecule has 8 nitrogen and oxygen atoms in total. The van der Waals surface area contributed by atoms with Gasteiger partial charge in [-0.1, -0.05) is 6.42 Å². The molecule has 168 valence electrons. The summed E-state index contributed by atoms with van der Waals surface area (Å²) >= 11 is 0. The van der Waals surface area contributed by atoms with Gasteiger partial charge in [-0.05, 0) is 50.3 Å².